The van der Waals surface area contributed by atoms with Gasteiger partial charge in [0, 0.05) is 0 Å². The van der Waals surface area contributed by atoms with E-state index in [1.807, 2.05) is 0 Å². The highest BCUT2D eigenvalue weighted by Gasteiger charge is 2.06. The van der Waals surface area contributed by atoms with E-state index in [2.05, 4.69) is 25.9 Å². The average molecular weight is 268 g/mol. The van der Waals surface area contributed by atoms with Crippen LogP contribution in [-0.2, 0) is 0 Å². The first kappa shape index (κ1) is 10.4. The Morgan fingerprint density at radius 3 is 3.08 bits per heavy atom. The van der Waals surface area contributed by atoms with Crippen molar-refractivity contribution in [2.75, 3.05) is 0 Å². The summed E-state index contributed by atoms with van der Waals surface area (Å²) in [4.78, 5) is 7.24. The van der Waals surface area contributed by atoms with Crippen molar-refractivity contribution in [3.8, 4) is 0 Å². The van der Waals surface area contributed by atoms with Crippen LogP contribution in [0.1, 0.15) is 0 Å². The molecule has 0 atom stereocenters. The summed E-state index contributed by atoms with van der Waals surface area (Å²) in [5.74, 6) is -0.461. The molecule has 4 nitrogen and oxygen atoms in total. The summed E-state index contributed by atoms with van der Waals surface area (Å²) in [6.07, 6.45) is 0.987. The van der Waals surface area contributed by atoms with Gasteiger partial charge in [-0.25, -0.2) is 14.4 Å². The predicted molar refractivity (Wildman–Crippen MR) is 50.0 cm³/mol. The van der Waals surface area contributed by atoms with Gasteiger partial charge in [0.25, 0.3) is 0 Å². The van der Waals surface area contributed by atoms with Gasteiger partial charge >= 0.3 is 0 Å². The van der Waals surface area contributed by atoms with Gasteiger partial charge in [0.15, 0.2) is 16.8 Å². The normalized spacial score (nSPS) is 10.8. The lowest BCUT2D eigenvalue weighted by Crippen LogP contribution is -2.01. The SMILES string of the molecule is ONC=Nc1nc(Cl)c(F)cc1Br. The lowest BCUT2D eigenvalue weighted by molar-refractivity contribution is 0.240. The summed E-state index contributed by atoms with van der Waals surface area (Å²) in [5.41, 5.74) is 1.69. The average Bonchev–Trinajstić information content (AvgIpc) is 2.09. The van der Waals surface area contributed by atoms with Crippen LogP contribution in [0.15, 0.2) is 15.5 Å². The van der Waals surface area contributed by atoms with Crippen molar-refractivity contribution in [1.29, 1.82) is 0 Å². The molecular formula is C6H4BrClFN3O. The maximum absolute atomic E-state index is 12.7. The maximum Gasteiger partial charge on any atom is 0.169 e. The standard InChI is InChI=1S/C6H4BrClFN3O/c7-3-1-4(9)5(8)12-6(3)10-2-11-13/h1-2,13H,(H,10,11,12). The van der Waals surface area contributed by atoms with Gasteiger partial charge in [0.05, 0.1) is 4.47 Å². The predicted octanol–water partition coefficient (Wildman–Crippen LogP) is 2.28. The minimum atomic E-state index is -0.635. The summed E-state index contributed by atoms with van der Waals surface area (Å²) >= 11 is 8.43. The number of aromatic nitrogens is 1. The van der Waals surface area contributed by atoms with Crippen LogP contribution in [0.25, 0.3) is 0 Å². The Kier molecular flexibility index (Phi) is 3.58. The number of nitrogens with zero attached hydrogens (tertiary/aromatic N) is 2. The first-order chi connectivity index (χ1) is 6.15. The maximum atomic E-state index is 12.7. The van der Waals surface area contributed by atoms with Crippen LogP contribution >= 0.6 is 27.5 Å². The minimum Gasteiger partial charge on any atom is -0.290 e. The third kappa shape index (κ3) is 2.61. The van der Waals surface area contributed by atoms with Gasteiger partial charge < -0.3 is 0 Å². The molecular weight excluding hydrogens is 264 g/mol. The van der Waals surface area contributed by atoms with Crippen molar-refractivity contribution < 1.29 is 9.60 Å². The van der Waals surface area contributed by atoms with E-state index in [0.717, 1.165) is 12.4 Å². The van der Waals surface area contributed by atoms with E-state index >= 15 is 0 Å². The van der Waals surface area contributed by atoms with Gasteiger partial charge in [-0.2, -0.15) is 0 Å². The smallest absolute Gasteiger partial charge is 0.169 e. The summed E-state index contributed by atoms with van der Waals surface area (Å²) in [5, 5.41) is 7.92. The number of pyridine rings is 1. The molecule has 0 radical (unpaired) electrons. The van der Waals surface area contributed by atoms with Crippen molar-refractivity contribution in [3.05, 3.63) is 21.5 Å². The molecule has 2 N–H and O–H groups in total. The molecule has 0 amide bonds. The van der Waals surface area contributed by atoms with Crippen molar-refractivity contribution in [3.63, 3.8) is 0 Å². The third-order valence-electron chi connectivity index (χ3n) is 1.11. The Morgan fingerprint density at radius 1 is 1.77 bits per heavy atom. The minimum absolute atomic E-state index is 0.174. The highest BCUT2D eigenvalue weighted by molar-refractivity contribution is 9.10. The Balaban J connectivity index is 3.08. The Morgan fingerprint density at radius 2 is 2.46 bits per heavy atom. The fourth-order valence-corrected chi connectivity index (χ4v) is 1.14. The summed E-state index contributed by atoms with van der Waals surface area (Å²) in [7, 11) is 0. The van der Waals surface area contributed by atoms with Crippen molar-refractivity contribution >= 4 is 39.7 Å². The van der Waals surface area contributed by atoms with Crippen LogP contribution in [-0.4, -0.2) is 16.5 Å². The molecule has 1 heterocycles. The van der Waals surface area contributed by atoms with E-state index in [9.17, 15) is 4.39 Å². The zero-order chi connectivity index (χ0) is 9.84. The van der Waals surface area contributed by atoms with Gasteiger partial charge in [-0.3, -0.25) is 10.7 Å². The topological polar surface area (TPSA) is 57.5 Å². The highest BCUT2D eigenvalue weighted by Crippen LogP contribution is 2.26. The molecule has 70 valence electrons. The molecule has 1 aromatic rings. The first-order valence-electron chi connectivity index (χ1n) is 3.09. The molecule has 0 aliphatic carbocycles. The Bertz CT molecular complexity index is 347. The van der Waals surface area contributed by atoms with E-state index in [1.54, 1.807) is 5.48 Å². The summed E-state index contributed by atoms with van der Waals surface area (Å²) < 4.78 is 13.1. The molecule has 0 fully saturated rings. The summed E-state index contributed by atoms with van der Waals surface area (Å²) in [6.45, 7) is 0. The monoisotopic (exact) mass is 267 g/mol. The van der Waals surface area contributed by atoms with Gasteiger partial charge in [-0.15, -0.1) is 0 Å². The second-order valence-corrected chi connectivity index (χ2v) is 3.17. The molecule has 1 rings (SSSR count). The van der Waals surface area contributed by atoms with Gasteiger partial charge in [0.2, 0.25) is 0 Å². The number of halogens is 3. The molecule has 0 aliphatic heterocycles. The fraction of sp³-hybridized carbons (Fsp3) is 0. The molecule has 0 saturated carbocycles. The first-order valence-corrected chi connectivity index (χ1v) is 4.26. The van der Waals surface area contributed by atoms with E-state index < -0.39 is 5.82 Å². The van der Waals surface area contributed by atoms with Crippen LogP contribution in [0, 0.1) is 5.82 Å². The van der Waals surface area contributed by atoms with Crippen LogP contribution in [0.5, 0.6) is 0 Å². The number of nitrogens with one attached hydrogen (secondary N) is 1. The van der Waals surface area contributed by atoms with Gasteiger partial charge in [-0.05, 0) is 22.0 Å². The number of hydrogen-bond donors (Lipinski definition) is 2. The number of aliphatic imine (C=N–C) groups is 1. The molecule has 0 aromatic carbocycles. The third-order valence-corrected chi connectivity index (χ3v) is 1.96. The highest BCUT2D eigenvalue weighted by atomic mass is 79.9. The van der Waals surface area contributed by atoms with Gasteiger partial charge in [0.1, 0.15) is 6.34 Å². The molecule has 0 bridgehead atoms. The van der Waals surface area contributed by atoms with E-state index in [-0.39, 0.29) is 11.0 Å². The molecule has 0 aliphatic rings. The Hall–Kier alpha value is -0.720. The largest absolute Gasteiger partial charge is 0.290 e. The second kappa shape index (κ2) is 4.50. The molecule has 0 spiro atoms. The second-order valence-electron chi connectivity index (χ2n) is 1.95. The molecule has 0 saturated heterocycles. The van der Waals surface area contributed by atoms with E-state index in [0.29, 0.717) is 4.47 Å². The lowest BCUT2D eigenvalue weighted by atomic mass is 10.4. The van der Waals surface area contributed by atoms with Crippen LogP contribution < -0.4 is 5.48 Å². The number of rotatable bonds is 2. The van der Waals surface area contributed by atoms with Crippen LogP contribution in [0.2, 0.25) is 5.15 Å². The molecule has 0 unspecified atom stereocenters. The molecule has 13 heavy (non-hydrogen) atoms. The van der Waals surface area contributed by atoms with E-state index in [1.165, 1.54) is 0 Å². The van der Waals surface area contributed by atoms with Crippen LogP contribution in [0.4, 0.5) is 10.2 Å². The van der Waals surface area contributed by atoms with E-state index in [4.69, 9.17) is 16.8 Å². The summed E-state index contributed by atoms with van der Waals surface area (Å²) in [6, 6.07) is 1.14. The van der Waals surface area contributed by atoms with Crippen molar-refractivity contribution in [2.24, 2.45) is 4.99 Å². The van der Waals surface area contributed by atoms with Crippen molar-refractivity contribution in [2.45, 2.75) is 0 Å². The number of hydrogen-bond acceptors (Lipinski definition) is 3. The van der Waals surface area contributed by atoms with Crippen molar-refractivity contribution in [1.82, 2.24) is 10.5 Å². The zero-order valence-corrected chi connectivity index (χ0v) is 8.47. The zero-order valence-electron chi connectivity index (χ0n) is 6.13. The number of hydroxylamine groups is 1. The van der Waals surface area contributed by atoms with Crippen LogP contribution in [0.3, 0.4) is 0 Å². The van der Waals surface area contributed by atoms with Gasteiger partial charge in [-0.1, -0.05) is 11.6 Å². The molecule has 7 heteroatoms. The lowest BCUT2D eigenvalue weighted by Gasteiger charge is -1.98. The fourth-order valence-electron chi connectivity index (χ4n) is 0.616. The Labute approximate surface area is 86.5 Å². The quantitative estimate of drug-likeness (QED) is 0.374. The molecule has 1 aromatic heterocycles.